The fourth-order valence-electron chi connectivity index (χ4n) is 3.02. The third kappa shape index (κ3) is 3.82. The Morgan fingerprint density at radius 3 is 2.54 bits per heavy atom. The molecule has 0 saturated carbocycles. The fourth-order valence-corrected chi connectivity index (χ4v) is 4.72. The van der Waals surface area contributed by atoms with Crippen LogP contribution in [-0.2, 0) is 21.1 Å². The number of hydrogen-bond acceptors (Lipinski definition) is 4. The molecule has 1 aromatic carbocycles. The number of carbonyl (C=O) groups is 1. The van der Waals surface area contributed by atoms with E-state index in [2.05, 4.69) is 4.98 Å². The molecule has 2 heterocycles. The average molecular weight is 344 g/mol. The van der Waals surface area contributed by atoms with Crippen molar-refractivity contribution in [1.82, 2.24) is 4.98 Å². The summed E-state index contributed by atoms with van der Waals surface area (Å²) in [6.45, 7) is 1.86. The summed E-state index contributed by atoms with van der Waals surface area (Å²) in [6.07, 6.45) is 0.686. The first-order chi connectivity index (χ1) is 11.4. The van der Waals surface area contributed by atoms with Gasteiger partial charge in [0.25, 0.3) is 0 Å². The van der Waals surface area contributed by atoms with Gasteiger partial charge >= 0.3 is 0 Å². The summed E-state index contributed by atoms with van der Waals surface area (Å²) in [7, 11) is -3.09. The first-order valence-corrected chi connectivity index (χ1v) is 9.77. The van der Waals surface area contributed by atoms with Crippen molar-refractivity contribution in [3.05, 3.63) is 59.8 Å². The highest BCUT2D eigenvalue weighted by Crippen LogP contribution is 2.24. The lowest BCUT2D eigenvalue weighted by Crippen LogP contribution is -2.42. The molecule has 1 unspecified atom stereocenters. The number of benzene rings is 1. The smallest absolute Gasteiger partial charge is 0.232 e. The van der Waals surface area contributed by atoms with Crippen molar-refractivity contribution >= 4 is 21.6 Å². The normalized spacial score (nSPS) is 19.1. The van der Waals surface area contributed by atoms with Gasteiger partial charge in [-0.25, -0.2) is 13.4 Å². The maximum Gasteiger partial charge on any atom is 0.232 e. The van der Waals surface area contributed by atoms with Crippen LogP contribution in [0.15, 0.2) is 48.5 Å². The molecular formula is C18H20N2O3S. The van der Waals surface area contributed by atoms with E-state index < -0.39 is 9.84 Å². The average Bonchev–Trinajstić information content (AvgIpc) is 2.88. The van der Waals surface area contributed by atoms with E-state index in [1.54, 1.807) is 11.0 Å². The summed E-state index contributed by atoms with van der Waals surface area (Å²) in [5, 5.41) is 0. The van der Waals surface area contributed by atoms with E-state index in [4.69, 9.17) is 0 Å². The van der Waals surface area contributed by atoms with Crippen molar-refractivity contribution in [1.29, 1.82) is 0 Å². The minimum atomic E-state index is -3.09. The number of aryl methyl sites for hydroxylation is 1. The van der Waals surface area contributed by atoms with Gasteiger partial charge in [0, 0.05) is 5.69 Å². The molecule has 1 amide bonds. The molecule has 1 aromatic heterocycles. The molecular weight excluding hydrogens is 324 g/mol. The molecule has 1 atom stereocenters. The van der Waals surface area contributed by atoms with E-state index in [-0.39, 0.29) is 29.9 Å². The summed E-state index contributed by atoms with van der Waals surface area (Å²) in [6, 6.07) is 14.6. The largest absolute Gasteiger partial charge is 0.292 e. The standard InChI is InChI=1S/C18H20N2O3S/c1-14-6-5-9-17(19-14)20(16-10-11-24(22,23)13-16)18(21)12-15-7-3-2-4-8-15/h2-9,16H,10-13H2,1H3. The van der Waals surface area contributed by atoms with Crippen LogP contribution in [0, 0.1) is 6.92 Å². The number of anilines is 1. The molecule has 2 aromatic rings. The number of rotatable bonds is 4. The van der Waals surface area contributed by atoms with E-state index >= 15 is 0 Å². The van der Waals surface area contributed by atoms with Crippen molar-refractivity contribution in [2.24, 2.45) is 0 Å². The number of nitrogens with zero attached hydrogens (tertiary/aromatic N) is 2. The van der Waals surface area contributed by atoms with Crippen LogP contribution in [0.5, 0.6) is 0 Å². The molecule has 1 aliphatic rings. The second-order valence-corrected chi connectivity index (χ2v) is 8.35. The van der Waals surface area contributed by atoms with Crippen molar-refractivity contribution in [3.63, 3.8) is 0 Å². The second-order valence-electron chi connectivity index (χ2n) is 6.12. The number of sulfone groups is 1. The van der Waals surface area contributed by atoms with Crippen LogP contribution < -0.4 is 4.90 Å². The Labute approximate surface area is 142 Å². The van der Waals surface area contributed by atoms with Crippen LogP contribution in [-0.4, -0.2) is 36.9 Å². The van der Waals surface area contributed by atoms with E-state index in [1.807, 2.05) is 49.4 Å². The number of carbonyl (C=O) groups excluding carboxylic acids is 1. The molecule has 5 nitrogen and oxygen atoms in total. The summed E-state index contributed by atoms with van der Waals surface area (Å²) in [5.74, 6) is 0.529. The Bertz CT molecular complexity index is 834. The molecule has 0 N–H and O–H groups in total. The molecule has 0 radical (unpaired) electrons. The van der Waals surface area contributed by atoms with Crippen LogP contribution in [0.2, 0.25) is 0 Å². The summed E-state index contributed by atoms with van der Waals surface area (Å²) in [4.78, 5) is 18.9. The lowest BCUT2D eigenvalue weighted by atomic mass is 10.1. The quantitative estimate of drug-likeness (QED) is 0.852. The number of amides is 1. The van der Waals surface area contributed by atoms with Gasteiger partial charge in [-0.1, -0.05) is 36.4 Å². The molecule has 24 heavy (non-hydrogen) atoms. The highest BCUT2D eigenvalue weighted by molar-refractivity contribution is 7.91. The Hall–Kier alpha value is -2.21. The Kier molecular flexibility index (Phi) is 4.66. The molecule has 3 rings (SSSR count). The number of aromatic nitrogens is 1. The van der Waals surface area contributed by atoms with Gasteiger partial charge in [0.15, 0.2) is 9.84 Å². The minimum Gasteiger partial charge on any atom is -0.292 e. The van der Waals surface area contributed by atoms with Gasteiger partial charge in [0.1, 0.15) is 5.82 Å². The van der Waals surface area contributed by atoms with Crippen LogP contribution >= 0.6 is 0 Å². The third-order valence-electron chi connectivity index (χ3n) is 4.16. The van der Waals surface area contributed by atoms with Gasteiger partial charge in [-0.15, -0.1) is 0 Å². The van der Waals surface area contributed by atoms with Gasteiger partial charge in [0.2, 0.25) is 5.91 Å². The maximum absolute atomic E-state index is 12.9. The van der Waals surface area contributed by atoms with Crippen LogP contribution in [0.25, 0.3) is 0 Å². The Morgan fingerprint density at radius 2 is 1.92 bits per heavy atom. The second kappa shape index (κ2) is 6.73. The Balaban J connectivity index is 1.91. The number of hydrogen-bond donors (Lipinski definition) is 0. The SMILES string of the molecule is Cc1cccc(N(C(=O)Cc2ccccc2)C2CCS(=O)(=O)C2)n1. The third-order valence-corrected chi connectivity index (χ3v) is 5.91. The van der Waals surface area contributed by atoms with Gasteiger partial charge in [0.05, 0.1) is 24.0 Å². The lowest BCUT2D eigenvalue weighted by molar-refractivity contribution is -0.118. The molecule has 126 valence electrons. The zero-order valence-electron chi connectivity index (χ0n) is 13.6. The van der Waals surface area contributed by atoms with E-state index in [9.17, 15) is 13.2 Å². The van der Waals surface area contributed by atoms with Crippen molar-refractivity contribution < 1.29 is 13.2 Å². The summed E-state index contributed by atoms with van der Waals surface area (Å²) < 4.78 is 23.7. The molecule has 1 saturated heterocycles. The van der Waals surface area contributed by atoms with Crippen LogP contribution in [0.3, 0.4) is 0 Å². The van der Waals surface area contributed by atoms with Crippen molar-refractivity contribution in [2.75, 3.05) is 16.4 Å². The van der Waals surface area contributed by atoms with Gasteiger partial charge in [-0.05, 0) is 31.0 Å². The van der Waals surface area contributed by atoms with Gasteiger partial charge in [-0.3, -0.25) is 9.69 Å². The molecule has 0 spiro atoms. The van der Waals surface area contributed by atoms with Crippen molar-refractivity contribution in [3.8, 4) is 0 Å². The van der Waals surface area contributed by atoms with Crippen LogP contribution in [0.4, 0.5) is 5.82 Å². The molecule has 0 aliphatic carbocycles. The molecule has 1 fully saturated rings. The first-order valence-electron chi connectivity index (χ1n) is 7.95. The lowest BCUT2D eigenvalue weighted by Gasteiger charge is -2.27. The van der Waals surface area contributed by atoms with Crippen molar-refractivity contribution in [2.45, 2.75) is 25.8 Å². The summed E-state index contributed by atoms with van der Waals surface area (Å²) >= 11 is 0. The number of pyridine rings is 1. The van der Waals surface area contributed by atoms with Crippen LogP contribution in [0.1, 0.15) is 17.7 Å². The zero-order valence-corrected chi connectivity index (χ0v) is 14.4. The van der Waals surface area contributed by atoms with E-state index in [1.165, 1.54) is 0 Å². The van der Waals surface area contributed by atoms with E-state index in [0.29, 0.717) is 12.2 Å². The molecule has 0 bridgehead atoms. The Morgan fingerprint density at radius 1 is 1.17 bits per heavy atom. The van der Waals surface area contributed by atoms with Gasteiger partial charge in [-0.2, -0.15) is 0 Å². The predicted molar refractivity (Wildman–Crippen MR) is 93.7 cm³/mol. The molecule has 6 heteroatoms. The summed E-state index contributed by atoms with van der Waals surface area (Å²) in [5.41, 5.74) is 1.70. The predicted octanol–water partition coefficient (Wildman–Crippen LogP) is 2.15. The maximum atomic E-state index is 12.9. The zero-order chi connectivity index (χ0) is 17.2. The first kappa shape index (κ1) is 16.6. The van der Waals surface area contributed by atoms with Gasteiger partial charge < -0.3 is 0 Å². The fraction of sp³-hybridized carbons (Fsp3) is 0.333. The monoisotopic (exact) mass is 344 g/mol. The highest BCUT2D eigenvalue weighted by atomic mass is 32.2. The highest BCUT2D eigenvalue weighted by Gasteiger charge is 2.36. The topological polar surface area (TPSA) is 67.3 Å². The van der Waals surface area contributed by atoms with E-state index in [0.717, 1.165) is 11.3 Å². The molecule has 1 aliphatic heterocycles. The minimum absolute atomic E-state index is 0.00313.